The van der Waals surface area contributed by atoms with Crippen LogP contribution in [0.2, 0.25) is 0 Å². The lowest BCUT2D eigenvalue weighted by atomic mass is 10.0. The third-order valence-electron chi connectivity index (χ3n) is 5.53. The minimum atomic E-state index is -3.57. The Morgan fingerprint density at radius 1 is 1.24 bits per heavy atom. The molecule has 1 aliphatic rings. The molecule has 0 spiro atoms. The molecule has 1 fully saturated rings. The van der Waals surface area contributed by atoms with Gasteiger partial charge in [-0.1, -0.05) is 18.3 Å². The van der Waals surface area contributed by atoms with Crippen LogP contribution in [0.25, 0.3) is 9.53 Å². The van der Waals surface area contributed by atoms with E-state index >= 15 is 0 Å². The molecule has 1 amide bonds. The van der Waals surface area contributed by atoms with Gasteiger partial charge in [0.15, 0.2) is 5.13 Å². The second kappa shape index (κ2) is 9.49. The van der Waals surface area contributed by atoms with Crippen molar-refractivity contribution in [2.45, 2.75) is 38.5 Å². The number of piperidine rings is 1. The smallest absolute Gasteiger partial charge is 0.348 e. The molecule has 3 aromatic rings. The van der Waals surface area contributed by atoms with Crippen LogP contribution >= 0.6 is 22.7 Å². The summed E-state index contributed by atoms with van der Waals surface area (Å²) in [6.07, 6.45) is 1.89. The first-order valence-corrected chi connectivity index (χ1v) is 13.8. The number of hydrogen-bond acceptors (Lipinski definition) is 8. The van der Waals surface area contributed by atoms with Crippen LogP contribution in [0.15, 0.2) is 29.2 Å². The van der Waals surface area contributed by atoms with Crippen molar-refractivity contribution in [3.63, 3.8) is 0 Å². The topological polar surface area (TPSA) is 106 Å². The van der Waals surface area contributed by atoms with Crippen molar-refractivity contribution in [2.75, 3.05) is 25.0 Å². The van der Waals surface area contributed by atoms with E-state index in [9.17, 15) is 18.0 Å². The molecule has 0 radical (unpaired) electrons. The fraction of sp³-hybridized carbons (Fsp3) is 0.409. The molecule has 33 heavy (non-hydrogen) atoms. The number of aromatic nitrogens is 1. The molecular formula is C22H25N3O5S3. The maximum Gasteiger partial charge on any atom is 0.348 e. The van der Waals surface area contributed by atoms with Crippen LogP contribution in [-0.4, -0.2) is 49.3 Å². The number of benzene rings is 1. The lowest BCUT2D eigenvalue weighted by Gasteiger charge is -2.30. The van der Waals surface area contributed by atoms with E-state index < -0.39 is 10.0 Å². The molecule has 176 valence electrons. The third-order valence-corrected chi connectivity index (χ3v) is 9.80. The summed E-state index contributed by atoms with van der Waals surface area (Å²) in [5, 5.41) is 3.18. The van der Waals surface area contributed by atoms with Crippen LogP contribution in [0, 0.1) is 12.8 Å². The lowest BCUT2D eigenvalue weighted by Crippen LogP contribution is -2.39. The summed E-state index contributed by atoms with van der Waals surface area (Å²) in [6.45, 7) is 6.98. The number of ether oxygens (including phenoxy) is 1. The number of aryl methyl sites for hydroxylation is 1. The Hall–Kier alpha value is -2.34. The predicted octanol–water partition coefficient (Wildman–Crippen LogP) is 4.52. The van der Waals surface area contributed by atoms with Crippen molar-refractivity contribution in [1.29, 1.82) is 0 Å². The first-order valence-electron chi connectivity index (χ1n) is 10.7. The molecule has 11 heteroatoms. The summed E-state index contributed by atoms with van der Waals surface area (Å²) in [6, 6.07) is 5.96. The molecule has 8 nitrogen and oxygen atoms in total. The number of anilines is 1. The van der Waals surface area contributed by atoms with Gasteiger partial charge >= 0.3 is 5.97 Å². The van der Waals surface area contributed by atoms with Crippen molar-refractivity contribution in [3.8, 4) is 0 Å². The average molecular weight is 508 g/mol. The van der Waals surface area contributed by atoms with Gasteiger partial charge in [-0.25, -0.2) is 18.2 Å². The molecule has 0 bridgehead atoms. The molecule has 1 atom stereocenters. The second-order valence-electron chi connectivity index (χ2n) is 8.02. The molecule has 1 aliphatic heterocycles. The van der Waals surface area contributed by atoms with Crippen molar-refractivity contribution in [1.82, 2.24) is 9.29 Å². The van der Waals surface area contributed by atoms with Gasteiger partial charge in [0.25, 0.3) is 5.91 Å². The van der Waals surface area contributed by atoms with Gasteiger partial charge < -0.3 is 4.74 Å². The van der Waals surface area contributed by atoms with E-state index in [0.29, 0.717) is 46.0 Å². The van der Waals surface area contributed by atoms with Crippen molar-refractivity contribution < 1.29 is 22.7 Å². The first kappa shape index (κ1) is 23.8. The predicted molar refractivity (Wildman–Crippen MR) is 130 cm³/mol. The van der Waals surface area contributed by atoms with Crippen LogP contribution in [0.1, 0.15) is 52.3 Å². The summed E-state index contributed by atoms with van der Waals surface area (Å²) < 4.78 is 33.2. The quantitative estimate of drug-likeness (QED) is 0.492. The Bertz CT molecular complexity index is 1290. The molecule has 1 aromatic carbocycles. The number of rotatable bonds is 6. The largest absolute Gasteiger partial charge is 0.462 e. The van der Waals surface area contributed by atoms with E-state index in [1.165, 1.54) is 51.2 Å². The minimum Gasteiger partial charge on any atom is -0.462 e. The standard InChI is InChI=1S/C22H25N3O5S3/c1-4-30-21(27)18-14(3)17-20(31-18)24-22(32-17)23-19(26)15-7-9-16(10-8-15)33(28,29)25-11-5-6-13(2)12-25/h7-10,13H,4-6,11-12H2,1-3H3,(H,23,24,26). The zero-order chi connectivity index (χ0) is 23.8. The van der Waals surface area contributed by atoms with Gasteiger partial charge in [-0.3, -0.25) is 10.1 Å². The molecule has 0 aliphatic carbocycles. The van der Waals surface area contributed by atoms with Crippen molar-refractivity contribution in [2.24, 2.45) is 5.92 Å². The monoisotopic (exact) mass is 507 g/mol. The van der Waals surface area contributed by atoms with E-state index in [4.69, 9.17) is 4.74 Å². The number of hydrogen-bond donors (Lipinski definition) is 1. The highest BCUT2D eigenvalue weighted by Gasteiger charge is 2.28. The third kappa shape index (κ3) is 4.81. The van der Waals surface area contributed by atoms with Crippen molar-refractivity contribution in [3.05, 3.63) is 40.3 Å². The maximum atomic E-state index is 12.9. The normalized spacial score (nSPS) is 17.2. The molecule has 1 saturated heterocycles. The average Bonchev–Trinajstić information content (AvgIpc) is 3.32. The summed E-state index contributed by atoms with van der Waals surface area (Å²) in [5.41, 5.74) is 1.12. The molecule has 2 aromatic heterocycles. The highest BCUT2D eigenvalue weighted by molar-refractivity contribution is 7.89. The zero-order valence-corrected chi connectivity index (χ0v) is 21.0. The number of carbonyl (C=O) groups is 2. The van der Waals surface area contributed by atoms with Gasteiger partial charge in [0.05, 0.1) is 16.2 Å². The summed E-state index contributed by atoms with van der Waals surface area (Å²) in [4.78, 5) is 30.5. The van der Waals surface area contributed by atoms with Crippen LogP contribution in [-0.2, 0) is 14.8 Å². The van der Waals surface area contributed by atoms with Gasteiger partial charge in [0.2, 0.25) is 10.0 Å². The number of fused-ring (bicyclic) bond motifs is 1. The molecule has 4 rings (SSSR count). The van der Waals surface area contributed by atoms with Crippen LogP contribution in [0.3, 0.4) is 0 Å². The number of thiazole rings is 1. The molecule has 1 N–H and O–H groups in total. The molecule has 0 saturated carbocycles. The Kier molecular flexibility index (Phi) is 6.85. The van der Waals surface area contributed by atoms with Gasteiger partial charge in [0.1, 0.15) is 9.71 Å². The summed E-state index contributed by atoms with van der Waals surface area (Å²) in [5.74, 6) is -0.413. The molecule has 1 unspecified atom stereocenters. The minimum absolute atomic E-state index is 0.185. The Balaban J connectivity index is 1.47. The molecule has 3 heterocycles. The van der Waals surface area contributed by atoms with Crippen LogP contribution in [0.4, 0.5) is 5.13 Å². The number of nitrogens with one attached hydrogen (secondary N) is 1. The number of amides is 1. The fourth-order valence-electron chi connectivity index (χ4n) is 3.79. The Labute approximate surface area is 200 Å². The SMILES string of the molecule is CCOC(=O)c1sc2nc(NC(=O)c3ccc(S(=O)(=O)N4CCCC(C)C4)cc3)sc2c1C. The van der Waals surface area contributed by atoms with E-state index in [-0.39, 0.29) is 16.8 Å². The highest BCUT2D eigenvalue weighted by Crippen LogP contribution is 2.37. The number of carbonyl (C=O) groups excluding carboxylic acids is 2. The number of esters is 1. The van der Waals surface area contributed by atoms with Crippen LogP contribution < -0.4 is 5.32 Å². The van der Waals surface area contributed by atoms with Crippen molar-refractivity contribution >= 4 is 59.2 Å². The van der Waals surface area contributed by atoms with Gasteiger partial charge in [0, 0.05) is 18.7 Å². The highest BCUT2D eigenvalue weighted by atomic mass is 32.2. The van der Waals surface area contributed by atoms with Gasteiger partial charge in [-0.2, -0.15) is 4.31 Å². The summed E-state index contributed by atoms with van der Waals surface area (Å²) in [7, 11) is -3.57. The van der Waals surface area contributed by atoms with E-state index in [1.807, 2.05) is 6.92 Å². The molecular weight excluding hydrogens is 482 g/mol. The number of nitrogens with zero attached hydrogens (tertiary/aromatic N) is 2. The maximum absolute atomic E-state index is 12.9. The zero-order valence-electron chi connectivity index (χ0n) is 18.6. The van der Waals surface area contributed by atoms with Crippen LogP contribution in [0.5, 0.6) is 0 Å². The first-order chi connectivity index (χ1) is 15.7. The van der Waals surface area contributed by atoms with Gasteiger partial charge in [-0.15, -0.1) is 11.3 Å². The van der Waals surface area contributed by atoms with Gasteiger partial charge in [-0.05, 0) is 62.4 Å². The fourth-order valence-corrected chi connectivity index (χ4v) is 7.60. The Morgan fingerprint density at radius 3 is 2.61 bits per heavy atom. The van der Waals surface area contributed by atoms with E-state index in [1.54, 1.807) is 6.92 Å². The van der Waals surface area contributed by atoms with E-state index in [2.05, 4.69) is 17.2 Å². The number of sulfonamides is 1. The second-order valence-corrected chi connectivity index (χ2v) is 12.0. The van der Waals surface area contributed by atoms with E-state index in [0.717, 1.165) is 23.1 Å². The number of thiophene rings is 1. The lowest BCUT2D eigenvalue weighted by molar-refractivity contribution is 0.0531. The Morgan fingerprint density at radius 2 is 1.97 bits per heavy atom. The summed E-state index contributed by atoms with van der Waals surface area (Å²) >= 11 is 2.52.